The van der Waals surface area contributed by atoms with E-state index < -0.39 is 5.54 Å². The molecule has 1 aromatic heterocycles. The quantitative estimate of drug-likeness (QED) is 0.794. The lowest BCUT2D eigenvalue weighted by molar-refractivity contribution is 0.0695. The summed E-state index contributed by atoms with van der Waals surface area (Å²) in [6.45, 7) is 2.52. The van der Waals surface area contributed by atoms with Gasteiger partial charge in [-0.1, -0.05) is 12.1 Å². The zero-order valence-electron chi connectivity index (χ0n) is 15.4. The monoisotopic (exact) mass is 384 g/mol. The average molecular weight is 385 g/mol. The number of hydrogen-bond donors (Lipinski definition) is 2. The van der Waals surface area contributed by atoms with Crippen LogP contribution in [0.25, 0.3) is 0 Å². The van der Waals surface area contributed by atoms with Crippen molar-refractivity contribution in [3.8, 4) is 0 Å². The number of benzene rings is 1. The van der Waals surface area contributed by atoms with E-state index in [2.05, 4.69) is 16.7 Å². The largest absolute Gasteiger partial charge is 0.383 e. The van der Waals surface area contributed by atoms with Gasteiger partial charge in [-0.25, -0.2) is 0 Å². The van der Waals surface area contributed by atoms with Gasteiger partial charge in [-0.05, 0) is 36.4 Å². The first-order valence-corrected chi connectivity index (χ1v) is 10.2. The molecule has 7 heteroatoms. The number of fused-ring (bicyclic) bond motifs is 1. The van der Waals surface area contributed by atoms with Crippen LogP contribution in [-0.2, 0) is 4.74 Å². The molecule has 1 amide bonds. The minimum atomic E-state index is -0.397. The normalized spacial score (nSPS) is 23.0. The number of ether oxygens (including phenoxy) is 1. The number of anilines is 2. The number of amidine groups is 1. The van der Waals surface area contributed by atoms with Gasteiger partial charge in [0.2, 0.25) is 0 Å². The molecule has 1 aromatic carbocycles. The fourth-order valence-electron chi connectivity index (χ4n) is 3.80. The molecule has 4 rings (SSSR count). The van der Waals surface area contributed by atoms with Gasteiger partial charge in [0.1, 0.15) is 11.4 Å². The Morgan fingerprint density at radius 2 is 2.19 bits per heavy atom. The molecule has 2 N–H and O–H groups in total. The highest BCUT2D eigenvalue weighted by molar-refractivity contribution is 7.08. The number of thiophene rings is 1. The number of carbonyl (C=O) groups excluding carboxylic acids is 1. The van der Waals surface area contributed by atoms with Crippen LogP contribution in [0.1, 0.15) is 23.2 Å². The molecule has 1 saturated heterocycles. The van der Waals surface area contributed by atoms with E-state index in [4.69, 9.17) is 9.73 Å². The fraction of sp³-hybridized carbons (Fsp3) is 0.400. The number of hydrogen-bond acceptors (Lipinski definition) is 5. The van der Waals surface area contributed by atoms with Gasteiger partial charge in [-0.2, -0.15) is 11.3 Å². The van der Waals surface area contributed by atoms with E-state index in [1.165, 1.54) is 0 Å². The lowest BCUT2D eigenvalue weighted by atomic mass is 9.85. The van der Waals surface area contributed by atoms with E-state index in [1.807, 2.05) is 39.9 Å². The molecule has 0 unspecified atom stereocenters. The van der Waals surface area contributed by atoms with Crippen molar-refractivity contribution in [1.82, 2.24) is 4.90 Å². The van der Waals surface area contributed by atoms with Crippen molar-refractivity contribution in [3.05, 3.63) is 46.7 Å². The zero-order chi connectivity index (χ0) is 18.7. The molecule has 2 aliphatic heterocycles. The summed E-state index contributed by atoms with van der Waals surface area (Å²) in [4.78, 5) is 19.7. The summed E-state index contributed by atoms with van der Waals surface area (Å²) in [5.74, 6) is 0.980. The Balaban J connectivity index is 1.64. The smallest absolute Gasteiger partial charge is 0.254 e. The van der Waals surface area contributed by atoms with Gasteiger partial charge in [-0.15, -0.1) is 0 Å². The number of likely N-dealkylation sites (tertiary alicyclic amines) is 1. The molecule has 1 fully saturated rings. The number of rotatable bonds is 4. The Morgan fingerprint density at radius 1 is 1.33 bits per heavy atom. The van der Waals surface area contributed by atoms with Crippen LogP contribution in [0.15, 0.2) is 46.1 Å². The number of piperidine rings is 1. The number of methoxy groups -OCH3 is 1. The Kier molecular flexibility index (Phi) is 5.13. The molecule has 0 aliphatic carbocycles. The van der Waals surface area contributed by atoms with E-state index in [0.717, 1.165) is 42.2 Å². The lowest BCUT2D eigenvalue weighted by Gasteiger charge is -2.47. The molecule has 3 heterocycles. The third kappa shape index (κ3) is 3.57. The van der Waals surface area contributed by atoms with Crippen molar-refractivity contribution >= 4 is 34.5 Å². The van der Waals surface area contributed by atoms with Gasteiger partial charge < -0.3 is 20.3 Å². The Labute approximate surface area is 163 Å². The second-order valence-electron chi connectivity index (χ2n) is 6.94. The highest BCUT2D eigenvalue weighted by atomic mass is 32.1. The van der Waals surface area contributed by atoms with Crippen molar-refractivity contribution in [2.24, 2.45) is 4.99 Å². The van der Waals surface area contributed by atoms with Crippen LogP contribution >= 0.6 is 11.3 Å². The molecule has 142 valence electrons. The molecule has 0 saturated carbocycles. The van der Waals surface area contributed by atoms with Crippen molar-refractivity contribution < 1.29 is 9.53 Å². The van der Waals surface area contributed by atoms with Crippen LogP contribution in [-0.4, -0.2) is 55.5 Å². The molecule has 2 aromatic rings. The summed E-state index contributed by atoms with van der Waals surface area (Å²) < 4.78 is 5.17. The first-order valence-electron chi connectivity index (χ1n) is 9.21. The van der Waals surface area contributed by atoms with Crippen LogP contribution in [0.5, 0.6) is 0 Å². The summed E-state index contributed by atoms with van der Waals surface area (Å²) in [5.41, 5.74) is 2.43. The first-order chi connectivity index (χ1) is 13.2. The summed E-state index contributed by atoms with van der Waals surface area (Å²) >= 11 is 1.55. The summed E-state index contributed by atoms with van der Waals surface area (Å²) in [5, 5.41) is 11.1. The van der Waals surface area contributed by atoms with Gasteiger partial charge in [0.05, 0.1) is 36.6 Å². The van der Waals surface area contributed by atoms with Gasteiger partial charge in [-0.3, -0.25) is 9.79 Å². The van der Waals surface area contributed by atoms with Gasteiger partial charge in [0.25, 0.3) is 5.91 Å². The molecule has 6 nitrogen and oxygen atoms in total. The van der Waals surface area contributed by atoms with E-state index in [1.54, 1.807) is 18.4 Å². The predicted molar refractivity (Wildman–Crippen MR) is 110 cm³/mol. The second-order valence-corrected chi connectivity index (χ2v) is 7.72. The number of nitrogens with zero attached hydrogens (tertiary/aromatic N) is 2. The van der Waals surface area contributed by atoms with E-state index >= 15 is 0 Å². The highest BCUT2D eigenvalue weighted by Crippen LogP contribution is 2.36. The Bertz CT molecular complexity index is 836. The van der Waals surface area contributed by atoms with Crippen molar-refractivity contribution in [1.29, 1.82) is 0 Å². The van der Waals surface area contributed by atoms with Crippen LogP contribution in [0.2, 0.25) is 0 Å². The minimum Gasteiger partial charge on any atom is -0.383 e. The second kappa shape index (κ2) is 7.70. The molecular weight excluding hydrogens is 360 g/mol. The number of carbonyl (C=O) groups is 1. The van der Waals surface area contributed by atoms with Gasteiger partial charge in [0, 0.05) is 19.0 Å². The molecule has 0 radical (unpaired) electrons. The fourth-order valence-corrected chi connectivity index (χ4v) is 4.43. The number of aliphatic imine (C=N–C) groups is 1. The first kappa shape index (κ1) is 18.0. The lowest BCUT2D eigenvalue weighted by Crippen LogP contribution is -2.62. The maximum absolute atomic E-state index is 12.9. The zero-order valence-corrected chi connectivity index (χ0v) is 16.2. The molecule has 1 spiro atoms. The predicted octanol–water partition coefficient (Wildman–Crippen LogP) is 3.31. The van der Waals surface area contributed by atoms with Gasteiger partial charge in [0.15, 0.2) is 0 Å². The van der Waals surface area contributed by atoms with Crippen LogP contribution < -0.4 is 10.6 Å². The Hall–Kier alpha value is -2.38. The van der Waals surface area contributed by atoms with E-state index in [9.17, 15) is 4.79 Å². The van der Waals surface area contributed by atoms with E-state index in [-0.39, 0.29) is 5.91 Å². The maximum Gasteiger partial charge on any atom is 0.254 e. The average Bonchev–Trinajstić information content (AvgIpc) is 3.23. The third-order valence-corrected chi connectivity index (χ3v) is 5.80. The molecule has 27 heavy (non-hydrogen) atoms. The van der Waals surface area contributed by atoms with Crippen LogP contribution in [0, 0.1) is 0 Å². The maximum atomic E-state index is 12.9. The van der Waals surface area contributed by atoms with Crippen LogP contribution in [0.3, 0.4) is 0 Å². The van der Waals surface area contributed by atoms with Gasteiger partial charge >= 0.3 is 0 Å². The molecule has 1 atom stereocenters. The minimum absolute atomic E-state index is 0.0900. The summed E-state index contributed by atoms with van der Waals surface area (Å²) in [6.07, 6.45) is 1.85. The highest BCUT2D eigenvalue weighted by Gasteiger charge is 2.44. The van der Waals surface area contributed by atoms with Crippen LogP contribution in [0.4, 0.5) is 11.4 Å². The van der Waals surface area contributed by atoms with Crippen molar-refractivity contribution in [3.63, 3.8) is 0 Å². The summed E-state index contributed by atoms with van der Waals surface area (Å²) in [6, 6.07) is 10.0. The topological polar surface area (TPSA) is 66.0 Å². The summed E-state index contributed by atoms with van der Waals surface area (Å²) in [7, 11) is 1.68. The SMILES string of the molecule is COCCN=C1Nc2ccccc2N[C@]12CCCN(C(=O)c1ccsc1)C2. The Morgan fingerprint density at radius 3 is 2.96 bits per heavy atom. The third-order valence-electron chi connectivity index (χ3n) is 5.12. The van der Waals surface area contributed by atoms with Crippen molar-refractivity contribution in [2.45, 2.75) is 18.4 Å². The van der Waals surface area contributed by atoms with E-state index in [0.29, 0.717) is 19.7 Å². The molecule has 0 bridgehead atoms. The number of nitrogens with one attached hydrogen (secondary N) is 2. The molecule has 2 aliphatic rings. The standard InChI is InChI=1S/C20H24N4O2S/c1-26-11-9-21-19-20(23-17-6-3-2-5-16(17)22-19)8-4-10-24(14-20)18(25)15-7-12-27-13-15/h2-3,5-7,12-13,23H,4,8-11,14H2,1H3,(H,21,22)/t20-/m0/s1. The number of para-hydroxylation sites is 2. The van der Waals surface area contributed by atoms with Crippen molar-refractivity contribution in [2.75, 3.05) is 44.0 Å². The number of amides is 1. The molecular formula is C20H24N4O2S.